The molecule has 0 radical (unpaired) electrons. The Balaban J connectivity index is 1.66. The largest absolute Gasteiger partial charge is 0.497 e. The van der Waals surface area contributed by atoms with Crippen LogP contribution in [0.15, 0.2) is 72.9 Å². The van der Waals surface area contributed by atoms with Crippen molar-refractivity contribution in [1.29, 1.82) is 0 Å². The number of pyridine rings is 1. The van der Waals surface area contributed by atoms with Crippen LogP contribution in [0.5, 0.6) is 5.75 Å². The van der Waals surface area contributed by atoms with E-state index in [0.717, 1.165) is 11.4 Å². The van der Waals surface area contributed by atoms with Gasteiger partial charge in [-0.1, -0.05) is 24.3 Å². The average molecular weight is 319 g/mol. The van der Waals surface area contributed by atoms with Gasteiger partial charge < -0.3 is 15.4 Å². The molecule has 2 aromatic carbocycles. The second kappa shape index (κ2) is 7.28. The first-order valence-electron chi connectivity index (χ1n) is 7.48. The molecule has 2 N–H and O–H groups in total. The van der Waals surface area contributed by atoms with Crippen LogP contribution in [-0.4, -0.2) is 18.0 Å². The molecule has 0 spiro atoms. The van der Waals surface area contributed by atoms with Gasteiger partial charge in [0.1, 0.15) is 11.6 Å². The predicted octanol–water partition coefficient (Wildman–Crippen LogP) is 4.09. The van der Waals surface area contributed by atoms with Crippen molar-refractivity contribution in [3.05, 3.63) is 78.5 Å². The summed E-state index contributed by atoms with van der Waals surface area (Å²) in [5.74, 6) is 1.29. The first kappa shape index (κ1) is 15.6. The van der Waals surface area contributed by atoms with Gasteiger partial charge in [-0.25, -0.2) is 4.98 Å². The monoisotopic (exact) mass is 319 g/mol. The molecule has 0 aliphatic carbocycles. The highest BCUT2D eigenvalue weighted by Crippen LogP contribution is 2.21. The van der Waals surface area contributed by atoms with Gasteiger partial charge in [-0.3, -0.25) is 4.79 Å². The fraction of sp³-hybridized carbons (Fsp3) is 0.0526. The summed E-state index contributed by atoms with van der Waals surface area (Å²) < 4.78 is 5.19. The summed E-state index contributed by atoms with van der Waals surface area (Å²) in [7, 11) is 1.63. The van der Waals surface area contributed by atoms with Gasteiger partial charge >= 0.3 is 0 Å². The Hall–Kier alpha value is -3.34. The van der Waals surface area contributed by atoms with Gasteiger partial charge in [0.2, 0.25) is 0 Å². The summed E-state index contributed by atoms with van der Waals surface area (Å²) in [6.45, 7) is 0. The summed E-state index contributed by atoms with van der Waals surface area (Å²) in [4.78, 5) is 16.4. The van der Waals surface area contributed by atoms with Crippen molar-refractivity contribution < 1.29 is 9.53 Å². The summed E-state index contributed by atoms with van der Waals surface area (Å²) in [6.07, 6.45) is 1.61. The molecule has 0 aliphatic heterocycles. The first-order chi connectivity index (χ1) is 11.7. The lowest BCUT2D eigenvalue weighted by molar-refractivity contribution is 0.102. The number of carbonyl (C=O) groups is 1. The number of ether oxygens (including phenoxy) is 1. The third-order valence-electron chi connectivity index (χ3n) is 3.40. The van der Waals surface area contributed by atoms with E-state index in [9.17, 15) is 4.79 Å². The van der Waals surface area contributed by atoms with Crippen LogP contribution in [0, 0.1) is 0 Å². The van der Waals surface area contributed by atoms with Crippen molar-refractivity contribution in [3.8, 4) is 5.75 Å². The second-order valence-electron chi connectivity index (χ2n) is 5.11. The number of methoxy groups -OCH3 is 1. The summed E-state index contributed by atoms with van der Waals surface area (Å²) in [5, 5.41) is 6.01. The minimum Gasteiger partial charge on any atom is -0.497 e. The zero-order chi connectivity index (χ0) is 16.8. The van der Waals surface area contributed by atoms with E-state index in [1.165, 1.54) is 0 Å². The number of hydrogen-bond acceptors (Lipinski definition) is 4. The smallest absolute Gasteiger partial charge is 0.255 e. The minimum absolute atomic E-state index is 0.161. The third-order valence-corrected chi connectivity index (χ3v) is 3.40. The number of rotatable bonds is 5. The molecule has 1 aromatic heterocycles. The minimum atomic E-state index is -0.161. The Kier molecular flexibility index (Phi) is 4.72. The normalized spacial score (nSPS) is 10.0. The molecule has 1 heterocycles. The molecule has 0 atom stereocenters. The van der Waals surface area contributed by atoms with Crippen LogP contribution >= 0.6 is 0 Å². The maximum absolute atomic E-state index is 12.1. The van der Waals surface area contributed by atoms with Crippen LogP contribution in [0.25, 0.3) is 0 Å². The Labute approximate surface area is 140 Å². The van der Waals surface area contributed by atoms with Gasteiger partial charge in [0.05, 0.1) is 19.0 Å². The predicted molar refractivity (Wildman–Crippen MR) is 94.9 cm³/mol. The fourth-order valence-corrected chi connectivity index (χ4v) is 2.18. The van der Waals surface area contributed by atoms with E-state index in [1.54, 1.807) is 37.6 Å². The lowest BCUT2D eigenvalue weighted by Crippen LogP contribution is -2.11. The van der Waals surface area contributed by atoms with Crippen molar-refractivity contribution in [1.82, 2.24) is 4.98 Å². The number of nitrogens with one attached hydrogen (secondary N) is 2. The number of carbonyl (C=O) groups excluding carboxylic acids is 1. The lowest BCUT2D eigenvalue weighted by atomic mass is 10.2. The Bertz CT molecular complexity index is 818. The highest BCUT2D eigenvalue weighted by molar-refractivity contribution is 6.04. The molecular weight excluding hydrogens is 302 g/mol. The molecule has 5 heteroatoms. The number of amides is 1. The molecule has 3 aromatic rings. The maximum atomic E-state index is 12.1. The standard InChI is InChI=1S/C19H17N3O2/c1-24-17-9-5-8-15(12-17)21-18-11-10-16(13-20-18)22-19(23)14-6-3-2-4-7-14/h2-13H,1H3,(H,20,21)(H,22,23). The van der Waals surface area contributed by atoms with Crippen molar-refractivity contribution in [2.24, 2.45) is 0 Å². The number of hydrogen-bond donors (Lipinski definition) is 2. The van der Waals surface area contributed by atoms with Gasteiger partial charge in [0.15, 0.2) is 0 Å². The van der Waals surface area contributed by atoms with Crippen LogP contribution in [0.1, 0.15) is 10.4 Å². The van der Waals surface area contributed by atoms with Gasteiger partial charge in [0, 0.05) is 17.3 Å². The molecule has 0 unspecified atom stereocenters. The second-order valence-corrected chi connectivity index (χ2v) is 5.11. The van der Waals surface area contributed by atoms with E-state index in [1.807, 2.05) is 42.5 Å². The number of benzene rings is 2. The third kappa shape index (κ3) is 3.89. The maximum Gasteiger partial charge on any atom is 0.255 e. The van der Waals surface area contributed by atoms with Gasteiger partial charge in [-0.05, 0) is 36.4 Å². The summed E-state index contributed by atoms with van der Waals surface area (Å²) in [5.41, 5.74) is 2.12. The van der Waals surface area contributed by atoms with Crippen molar-refractivity contribution >= 4 is 23.1 Å². The van der Waals surface area contributed by atoms with E-state index in [4.69, 9.17) is 4.74 Å². The molecule has 120 valence electrons. The van der Waals surface area contributed by atoms with E-state index in [-0.39, 0.29) is 5.91 Å². The van der Waals surface area contributed by atoms with Crippen LogP contribution in [0.4, 0.5) is 17.2 Å². The van der Waals surface area contributed by atoms with Crippen LogP contribution in [0.3, 0.4) is 0 Å². The quantitative estimate of drug-likeness (QED) is 0.743. The molecule has 5 nitrogen and oxygen atoms in total. The topological polar surface area (TPSA) is 63.2 Å². The molecule has 0 bridgehead atoms. The highest BCUT2D eigenvalue weighted by Gasteiger charge is 2.05. The Morgan fingerprint density at radius 3 is 2.50 bits per heavy atom. The van der Waals surface area contributed by atoms with Crippen LogP contribution in [-0.2, 0) is 0 Å². The SMILES string of the molecule is COc1cccc(Nc2ccc(NC(=O)c3ccccc3)cn2)c1. The van der Waals surface area contributed by atoms with E-state index in [0.29, 0.717) is 17.1 Å². The first-order valence-corrected chi connectivity index (χ1v) is 7.48. The number of anilines is 3. The summed E-state index contributed by atoms with van der Waals surface area (Å²) in [6, 6.07) is 20.2. The molecule has 0 aliphatic rings. The molecule has 0 saturated heterocycles. The Morgan fingerprint density at radius 1 is 0.958 bits per heavy atom. The fourth-order valence-electron chi connectivity index (χ4n) is 2.18. The molecule has 1 amide bonds. The number of nitrogens with zero attached hydrogens (tertiary/aromatic N) is 1. The number of aromatic nitrogens is 1. The molecule has 3 rings (SSSR count). The lowest BCUT2D eigenvalue weighted by Gasteiger charge is -2.09. The zero-order valence-corrected chi connectivity index (χ0v) is 13.2. The van der Waals surface area contributed by atoms with Gasteiger partial charge in [0.25, 0.3) is 5.91 Å². The highest BCUT2D eigenvalue weighted by atomic mass is 16.5. The summed E-state index contributed by atoms with van der Waals surface area (Å²) >= 11 is 0. The Morgan fingerprint density at radius 2 is 1.79 bits per heavy atom. The molecule has 24 heavy (non-hydrogen) atoms. The van der Waals surface area contributed by atoms with E-state index < -0.39 is 0 Å². The molecule has 0 saturated carbocycles. The van der Waals surface area contributed by atoms with Crippen molar-refractivity contribution in [2.45, 2.75) is 0 Å². The van der Waals surface area contributed by atoms with Crippen molar-refractivity contribution in [2.75, 3.05) is 17.7 Å². The van der Waals surface area contributed by atoms with Crippen LogP contribution in [0.2, 0.25) is 0 Å². The van der Waals surface area contributed by atoms with Crippen molar-refractivity contribution in [3.63, 3.8) is 0 Å². The van der Waals surface area contributed by atoms with E-state index in [2.05, 4.69) is 15.6 Å². The van der Waals surface area contributed by atoms with Crippen LogP contribution < -0.4 is 15.4 Å². The average Bonchev–Trinajstić information content (AvgIpc) is 2.64. The van der Waals surface area contributed by atoms with Gasteiger partial charge in [-0.2, -0.15) is 0 Å². The van der Waals surface area contributed by atoms with Gasteiger partial charge in [-0.15, -0.1) is 0 Å². The molecule has 0 fully saturated rings. The molecular formula is C19H17N3O2. The van der Waals surface area contributed by atoms with E-state index >= 15 is 0 Å². The zero-order valence-electron chi connectivity index (χ0n) is 13.2.